The number of hydrogen-bond acceptors (Lipinski definition) is 3. The van der Waals surface area contributed by atoms with E-state index in [0.717, 1.165) is 24.8 Å². The maximum atomic E-state index is 12.5. The van der Waals surface area contributed by atoms with Crippen molar-refractivity contribution in [3.8, 4) is 5.75 Å². The lowest BCUT2D eigenvalue weighted by Gasteiger charge is -2.27. The molecule has 0 spiro atoms. The van der Waals surface area contributed by atoms with Gasteiger partial charge in [0.25, 0.3) is 0 Å². The van der Waals surface area contributed by atoms with E-state index >= 15 is 0 Å². The van der Waals surface area contributed by atoms with Crippen LogP contribution in [-0.2, 0) is 11.3 Å². The van der Waals surface area contributed by atoms with Crippen molar-refractivity contribution in [2.45, 2.75) is 45.4 Å². The smallest absolute Gasteiger partial charge is 0.387 e. The van der Waals surface area contributed by atoms with Crippen molar-refractivity contribution >= 4 is 5.91 Å². The molecule has 23 heavy (non-hydrogen) atoms. The van der Waals surface area contributed by atoms with Gasteiger partial charge in [-0.2, -0.15) is 8.78 Å². The Morgan fingerprint density at radius 1 is 1.39 bits per heavy atom. The average Bonchev–Trinajstić information content (AvgIpc) is 3.07. The number of fused-ring (bicyclic) bond motifs is 2. The third kappa shape index (κ3) is 3.32. The van der Waals surface area contributed by atoms with Crippen LogP contribution in [0, 0.1) is 24.7 Å². The highest BCUT2D eigenvalue weighted by atomic mass is 19.3. The number of nitrogens with one attached hydrogen (secondary N) is 1. The van der Waals surface area contributed by atoms with Crippen LogP contribution in [0.2, 0.25) is 0 Å². The molecular weight excluding hydrogens is 302 g/mol. The third-order valence-corrected chi connectivity index (χ3v) is 5.17. The van der Waals surface area contributed by atoms with Gasteiger partial charge in [0.1, 0.15) is 5.75 Å². The van der Waals surface area contributed by atoms with Gasteiger partial charge >= 0.3 is 6.61 Å². The minimum absolute atomic E-state index is 0.0748. The Labute approximate surface area is 134 Å². The van der Waals surface area contributed by atoms with E-state index in [1.165, 1.54) is 6.07 Å². The number of hydrogen-bond donors (Lipinski definition) is 2. The molecule has 1 aromatic rings. The number of carbonyl (C=O) groups is 1. The largest absolute Gasteiger partial charge is 0.434 e. The zero-order valence-corrected chi connectivity index (χ0v) is 13.1. The van der Waals surface area contributed by atoms with E-state index in [2.05, 4.69) is 10.1 Å². The van der Waals surface area contributed by atoms with Gasteiger partial charge in [-0.05, 0) is 44.1 Å². The molecule has 0 radical (unpaired) electrons. The van der Waals surface area contributed by atoms with Gasteiger partial charge in [0.2, 0.25) is 5.91 Å². The highest BCUT2D eigenvalue weighted by Gasteiger charge is 2.48. The molecule has 0 saturated heterocycles. The fourth-order valence-corrected chi connectivity index (χ4v) is 4.08. The lowest BCUT2D eigenvalue weighted by molar-refractivity contribution is -0.127. The van der Waals surface area contributed by atoms with E-state index in [1.54, 1.807) is 12.1 Å². The lowest BCUT2D eigenvalue weighted by atomic mass is 9.84. The van der Waals surface area contributed by atoms with Crippen molar-refractivity contribution in [2.24, 2.45) is 23.5 Å². The summed E-state index contributed by atoms with van der Waals surface area (Å²) in [6.07, 6.45) is 3.20. The molecule has 2 bridgehead atoms. The molecule has 3 rings (SSSR count). The van der Waals surface area contributed by atoms with E-state index in [1.807, 2.05) is 6.92 Å². The molecule has 126 valence electrons. The highest BCUT2D eigenvalue weighted by molar-refractivity contribution is 5.80. The zero-order chi connectivity index (χ0) is 16.6. The number of alkyl halides is 2. The molecule has 0 aromatic heterocycles. The van der Waals surface area contributed by atoms with Crippen molar-refractivity contribution in [1.82, 2.24) is 5.32 Å². The van der Waals surface area contributed by atoms with E-state index in [9.17, 15) is 13.6 Å². The Balaban J connectivity index is 1.66. The van der Waals surface area contributed by atoms with Crippen LogP contribution in [0.4, 0.5) is 8.78 Å². The number of carbonyl (C=O) groups excluding carboxylic acids is 1. The zero-order valence-electron chi connectivity index (χ0n) is 13.1. The van der Waals surface area contributed by atoms with E-state index in [0.29, 0.717) is 17.4 Å². The van der Waals surface area contributed by atoms with Crippen molar-refractivity contribution in [3.05, 3.63) is 29.3 Å². The summed E-state index contributed by atoms with van der Waals surface area (Å²) in [4.78, 5) is 12.5. The van der Waals surface area contributed by atoms with Crippen molar-refractivity contribution in [2.75, 3.05) is 0 Å². The summed E-state index contributed by atoms with van der Waals surface area (Å²) in [6.45, 7) is -0.849. The molecule has 2 fully saturated rings. The first-order chi connectivity index (χ1) is 11.0. The first-order valence-electron chi connectivity index (χ1n) is 8.03. The molecule has 4 nitrogen and oxygen atoms in total. The number of amides is 1. The first kappa shape index (κ1) is 16.2. The highest BCUT2D eigenvalue weighted by Crippen LogP contribution is 2.47. The summed E-state index contributed by atoms with van der Waals surface area (Å²) in [7, 11) is 0. The minimum Gasteiger partial charge on any atom is -0.434 e. The average molecular weight is 324 g/mol. The quantitative estimate of drug-likeness (QED) is 0.875. The first-order valence-corrected chi connectivity index (χ1v) is 8.03. The topological polar surface area (TPSA) is 64.3 Å². The number of halogens is 2. The van der Waals surface area contributed by atoms with Crippen molar-refractivity contribution in [1.29, 1.82) is 0 Å². The third-order valence-electron chi connectivity index (χ3n) is 5.17. The molecule has 6 heteroatoms. The maximum Gasteiger partial charge on any atom is 0.387 e. The van der Waals surface area contributed by atoms with Crippen LogP contribution in [0.3, 0.4) is 0 Å². The minimum atomic E-state index is -2.88. The maximum absolute atomic E-state index is 12.5. The molecule has 4 atom stereocenters. The molecule has 2 aliphatic carbocycles. The van der Waals surface area contributed by atoms with Gasteiger partial charge < -0.3 is 15.8 Å². The van der Waals surface area contributed by atoms with E-state index in [4.69, 9.17) is 5.73 Å². The van der Waals surface area contributed by atoms with Gasteiger partial charge in [0, 0.05) is 18.2 Å². The Morgan fingerprint density at radius 3 is 2.78 bits per heavy atom. The Hall–Kier alpha value is -1.69. The molecule has 1 aromatic carbocycles. The normalized spacial score (nSPS) is 29.1. The Bertz CT molecular complexity index is 592. The number of aryl methyl sites for hydroxylation is 1. The molecule has 1 amide bonds. The molecule has 0 heterocycles. The summed E-state index contributed by atoms with van der Waals surface area (Å²) in [6, 6.07) is 4.88. The number of benzene rings is 1. The molecule has 3 N–H and O–H groups in total. The van der Waals surface area contributed by atoms with Crippen LogP contribution in [0.1, 0.15) is 30.4 Å². The Morgan fingerprint density at radius 2 is 2.13 bits per heavy atom. The summed E-state index contributed by atoms with van der Waals surface area (Å²) in [5, 5.41) is 2.85. The van der Waals surface area contributed by atoms with Crippen LogP contribution in [-0.4, -0.2) is 18.6 Å². The SMILES string of the molecule is Cc1ccc(OC(F)F)c(CNC(=O)C2C3CCC(C3)C2N)c1. The van der Waals surface area contributed by atoms with E-state index < -0.39 is 6.61 Å². The molecule has 4 unspecified atom stereocenters. The number of ether oxygens (including phenoxy) is 1. The molecule has 0 aliphatic heterocycles. The van der Waals surface area contributed by atoms with Crippen molar-refractivity contribution in [3.63, 3.8) is 0 Å². The van der Waals surface area contributed by atoms with E-state index in [-0.39, 0.29) is 30.2 Å². The fourth-order valence-electron chi connectivity index (χ4n) is 4.08. The van der Waals surface area contributed by atoms with Gasteiger partial charge in [-0.1, -0.05) is 17.7 Å². The summed E-state index contributed by atoms with van der Waals surface area (Å²) in [5.41, 5.74) is 7.64. The van der Waals surface area contributed by atoms with Crippen LogP contribution >= 0.6 is 0 Å². The number of rotatable bonds is 5. The predicted octanol–water partition coefficient (Wildman–Crippen LogP) is 2.59. The van der Waals surface area contributed by atoms with Gasteiger partial charge in [0.15, 0.2) is 0 Å². The second-order valence-corrected chi connectivity index (χ2v) is 6.64. The molecular formula is C17H22F2N2O2. The second-order valence-electron chi connectivity index (χ2n) is 6.64. The van der Waals surface area contributed by atoms with Crippen LogP contribution in [0.15, 0.2) is 18.2 Å². The number of nitrogens with two attached hydrogens (primary N) is 1. The van der Waals surface area contributed by atoms with Crippen LogP contribution < -0.4 is 15.8 Å². The summed E-state index contributed by atoms with van der Waals surface area (Å²) in [5.74, 6) is 0.687. The fraction of sp³-hybridized carbons (Fsp3) is 0.588. The Kier molecular flexibility index (Phi) is 4.53. The van der Waals surface area contributed by atoms with Crippen LogP contribution in [0.5, 0.6) is 5.75 Å². The monoisotopic (exact) mass is 324 g/mol. The summed E-state index contributed by atoms with van der Waals surface area (Å²) < 4.78 is 29.5. The standard InChI is InChI=1S/C17H22F2N2O2/c1-9-2-5-13(23-17(18)19)12(6-9)8-21-16(22)14-10-3-4-11(7-10)15(14)20/h2,5-6,10-11,14-15,17H,3-4,7-8,20H2,1H3,(H,21,22). The van der Waals surface area contributed by atoms with Crippen molar-refractivity contribution < 1.29 is 18.3 Å². The summed E-state index contributed by atoms with van der Waals surface area (Å²) >= 11 is 0. The van der Waals surface area contributed by atoms with Crippen LogP contribution in [0.25, 0.3) is 0 Å². The molecule has 2 saturated carbocycles. The second kappa shape index (κ2) is 6.43. The predicted molar refractivity (Wildman–Crippen MR) is 82.0 cm³/mol. The van der Waals surface area contributed by atoms with Gasteiger partial charge in [-0.3, -0.25) is 4.79 Å². The van der Waals surface area contributed by atoms with Gasteiger partial charge in [0.05, 0.1) is 5.92 Å². The molecule has 2 aliphatic rings. The van der Waals surface area contributed by atoms with Gasteiger partial charge in [-0.15, -0.1) is 0 Å². The lowest BCUT2D eigenvalue weighted by Crippen LogP contribution is -2.45. The van der Waals surface area contributed by atoms with Gasteiger partial charge in [-0.25, -0.2) is 0 Å².